The van der Waals surface area contributed by atoms with Gasteiger partial charge in [0, 0.05) is 29.0 Å². The van der Waals surface area contributed by atoms with Crippen molar-refractivity contribution in [2.45, 2.75) is 6.92 Å². The van der Waals surface area contributed by atoms with E-state index in [4.69, 9.17) is 11.6 Å². The first-order valence-electron chi connectivity index (χ1n) is 5.65. The van der Waals surface area contributed by atoms with Crippen LogP contribution in [0.25, 0.3) is 0 Å². The summed E-state index contributed by atoms with van der Waals surface area (Å²) < 4.78 is 0. The summed E-state index contributed by atoms with van der Waals surface area (Å²) in [5.41, 5.74) is 1.23. The normalized spacial score (nSPS) is 10.1. The highest BCUT2D eigenvalue weighted by atomic mass is 35.5. The third kappa shape index (κ3) is 3.10. The first kappa shape index (κ1) is 14.0. The van der Waals surface area contributed by atoms with Gasteiger partial charge < -0.3 is 5.32 Å². The van der Waals surface area contributed by atoms with Crippen LogP contribution < -0.4 is 5.32 Å². The first-order valence-corrected chi connectivity index (χ1v) is 6.03. The van der Waals surface area contributed by atoms with Crippen LogP contribution in [0.1, 0.15) is 16.1 Å². The zero-order valence-corrected chi connectivity index (χ0v) is 11.2. The van der Waals surface area contributed by atoms with Gasteiger partial charge in [0.2, 0.25) is 0 Å². The van der Waals surface area contributed by atoms with Crippen molar-refractivity contribution >= 4 is 28.9 Å². The summed E-state index contributed by atoms with van der Waals surface area (Å²) in [5, 5.41) is 13.7. The van der Waals surface area contributed by atoms with Crippen molar-refractivity contribution in [2.75, 3.05) is 5.32 Å². The molecule has 1 aromatic carbocycles. The minimum atomic E-state index is -0.489. The molecule has 0 aliphatic heterocycles. The molecule has 0 aliphatic rings. The SMILES string of the molecule is Cc1cc([N+](=O)[O-])ccc1NC(=O)c1cc(Cl)ccn1. The number of carbonyl (C=O) groups is 1. The molecule has 1 N–H and O–H groups in total. The number of anilines is 1. The Morgan fingerprint density at radius 3 is 2.70 bits per heavy atom. The lowest BCUT2D eigenvalue weighted by Gasteiger charge is -2.07. The Morgan fingerprint density at radius 2 is 2.10 bits per heavy atom. The summed E-state index contributed by atoms with van der Waals surface area (Å²) in [6.45, 7) is 1.67. The van der Waals surface area contributed by atoms with Crippen LogP contribution in [0.3, 0.4) is 0 Å². The van der Waals surface area contributed by atoms with E-state index < -0.39 is 10.8 Å². The highest BCUT2D eigenvalue weighted by molar-refractivity contribution is 6.30. The fraction of sp³-hybridized carbons (Fsp3) is 0.0769. The van der Waals surface area contributed by atoms with Gasteiger partial charge in [0.1, 0.15) is 5.69 Å². The first-order chi connectivity index (χ1) is 9.47. The van der Waals surface area contributed by atoms with Crippen LogP contribution in [0.5, 0.6) is 0 Å². The molecule has 1 amide bonds. The second-order valence-electron chi connectivity index (χ2n) is 4.07. The molecule has 1 aromatic heterocycles. The summed E-state index contributed by atoms with van der Waals surface area (Å²) in [6, 6.07) is 7.21. The van der Waals surface area contributed by atoms with Gasteiger partial charge in [-0.3, -0.25) is 19.9 Å². The minimum Gasteiger partial charge on any atom is -0.320 e. The van der Waals surface area contributed by atoms with Crippen LogP contribution in [-0.2, 0) is 0 Å². The van der Waals surface area contributed by atoms with Crippen molar-refractivity contribution < 1.29 is 9.72 Å². The number of non-ortho nitro benzene ring substituents is 1. The minimum absolute atomic E-state index is 0.0265. The van der Waals surface area contributed by atoms with E-state index in [-0.39, 0.29) is 11.4 Å². The van der Waals surface area contributed by atoms with Gasteiger partial charge in [0.05, 0.1) is 4.92 Å². The number of aryl methyl sites for hydroxylation is 1. The molecule has 6 nitrogen and oxygen atoms in total. The van der Waals surface area contributed by atoms with Crippen LogP contribution in [0.15, 0.2) is 36.5 Å². The van der Waals surface area contributed by atoms with Crippen molar-refractivity contribution in [1.82, 2.24) is 4.98 Å². The second-order valence-corrected chi connectivity index (χ2v) is 4.51. The number of hydrogen-bond acceptors (Lipinski definition) is 4. The van der Waals surface area contributed by atoms with E-state index in [1.807, 2.05) is 0 Å². The number of nitrogens with zero attached hydrogens (tertiary/aromatic N) is 2. The molecule has 7 heteroatoms. The van der Waals surface area contributed by atoms with Gasteiger partial charge in [-0.15, -0.1) is 0 Å². The van der Waals surface area contributed by atoms with Crippen molar-refractivity contribution in [1.29, 1.82) is 0 Å². The average molecular weight is 292 g/mol. The topological polar surface area (TPSA) is 85.1 Å². The second kappa shape index (κ2) is 5.66. The molecular weight excluding hydrogens is 282 g/mol. The maximum Gasteiger partial charge on any atom is 0.274 e. The van der Waals surface area contributed by atoms with E-state index in [2.05, 4.69) is 10.3 Å². The summed E-state index contributed by atoms with van der Waals surface area (Å²) >= 11 is 5.78. The quantitative estimate of drug-likeness (QED) is 0.695. The maximum atomic E-state index is 12.0. The number of nitrogens with one attached hydrogen (secondary N) is 1. The fourth-order valence-corrected chi connectivity index (χ4v) is 1.78. The zero-order chi connectivity index (χ0) is 14.7. The van der Waals surface area contributed by atoms with Crippen LogP contribution in [-0.4, -0.2) is 15.8 Å². The molecule has 2 rings (SSSR count). The lowest BCUT2D eigenvalue weighted by molar-refractivity contribution is -0.384. The molecule has 1 heterocycles. The van der Waals surface area contributed by atoms with Gasteiger partial charge in [0.25, 0.3) is 11.6 Å². The maximum absolute atomic E-state index is 12.0. The van der Waals surface area contributed by atoms with Crippen LogP contribution in [0.2, 0.25) is 5.02 Å². The molecule has 102 valence electrons. The van der Waals surface area contributed by atoms with Gasteiger partial charge in [-0.25, -0.2) is 0 Å². The number of hydrogen-bond donors (Lipinski definition) is 1. The molecule has 20 heavy (non-hydrogen) atoms. The molecule has 0 aliphatic carbocycles. The molecule has 0 bridgehead atoms. The standard InChI is InChI=1S/C13H10ClN3O3/c1-8-6-10(17(19)20)2-3-11(8)16-13(18)12-7-9(14)4-5-15-12/h2-7H,1H3,(H,16,18). The van der Waals surface area contributed by atoms with E-state index >= 15 is 0 Å². The third-order valence-electron chi connectivity index (χ3n) is 2.62. The number of halogens is 1. The molecule has 0 unspecified atom stereocenters. The zero-order valence-electron chi connectivity index (χ0n) is 10.5. The van der Waals surface area contributed by atoms with E-state index in [1.165, 1.54) is 30.5 Å². The summed E-state index contributed by atoms with van der Waals surface area (Å²) in [5.74, 6) is -0.426. The number of amides is 1. The Kier molecular flexibility index (Phi) is 3.95. The molecule has 0 atom stereocenters. The predicted octanol–water partition coefficient (Wildman–Crippen LogP) is 3.20. The van der Waals surface area contributed by atoms with Gasteiger partial charge in [0.15, 0.2) is 0 Å². The highest BCUT2D eigenvalue weighted by Gasteiger charge is 2.12. The number of carbonyl (C=O) groups excluding carboxylic acids is 1. The van der Waals surface area contributed by atoms with E-state index in [0.29, 0.717) is 16.3 Å². The van der Waals surface area contributed by atoms with Crippen molar-refractivity contribution in [3.05, 3.63) is 62.9 Å². The molecule has 0 saturated carbocycles. The third-order valence-corrected chi connectivity index (χ3v) is 2.86. The Morgan fingerprint density at radius 1 is 1.35 bits per heavy atom. The Labute approximate surface area is 119 Å². The summed E-state index contributed by atoms with van der Waals surface area (Å²) in [4.78, 5) is 26.0. The number of pyridine rings is 1. The molecular formula is C13H10ClN3O3. The molecule has 0 saturated heterocycles. The lowest BCUT2D eigenvalue weighted by Crippen LogP contribution is -2.14. The molecule has 2 aromatic rings. The van der Waals surface area contributed by atoms with Gasteiger partial charge in [-0.05, 0) is 30.7 Å². The van der Waals surface area contributed by atoms with Crippen molar-refractivity contribution in [2.24, 2.45) is 0 Å². The van der Waals surface area contributed by atoms with Crippen LogP contribution >= 0.6 is 11.6 Å². The fourth-order valence-electron chi connectivity index (χ4n) is 1.62. The summed E-state index contributed by atoms with van der Waals surface area (Å²) in [6.07, 6.45) is 1.43. The van der Waals surface area contributed by atoms with Crippen LogP contribution in [0, 0.1) is 17.0 Å². The van der Waals surface area contributed by atoms with Gasteiger partial charge in [-0.2, -0.15) is 0 Å². The van der Waals surface area contributed by atoms with Crippen LogP contribution in [0.4, 0.5) is 11.4 Å². The Bertz CT molecular complexity index is 688. The Balaban J connectivity index is 2.22. The molecule has 0 spiro atoms. The number of nitro benzene ring substituents is 1. The monoisotopic (exact) mass is 291 g/mol. The van der Waals surface area contributed by atoms with E-state index in [1.54, 1.807) is 13.0 Å². The lowest BCUT2D eigenvalue weighted by atomic mass is 10.1. The largest absolute Gasteiger partial charge is 0.320 e. The van der Waals surface area contributed by atoms with E-state index in [0.717, 1.165) is 0 Å². The smallest absolute Gasteiger partial charge is 0.274 e. The Hall–Kier alpha value is -2.47. The number of nitro groups is 1. The number of benzene rings is 1. The number of rotatable bonds is 3. The molecule has 0 radical (unpaired) electrons. The van der Waals surface area contributed by atoms with Crippen molar-refractivity contribution in [3.63, 3.8) is 0 Å². The van der Waals surface area contributed by atoms with Gasteiger partial charge >= 0.3 is 0 Å². The summed E-state index contributed by atoms with van der Waals surface area (Å²) in [7, 11) is 0. The van der Waals surface area contributed by atoms with Crippen molar-refractivity contribution in [3.8, 4) is 0 Å². The highest BCUT2D eigenvalue weighted by Crippen LogP contribution is 2.21. The molecule has 0 fully saturated rings. The predicted molar refractivity (Wildman–Crippen MR) is 75.0 cm³/mol. The number of aromatic nitrogens is 1. The average Bonchev–Trinajstić information content (AvgIpc) is 2.40. The van der Waals surface area contributed by atoms with E-state index in [9.17, 15) is 14.9 Å². The van der Waals surface area contributed by atoms with Gasteiger partial charge in [-0.1, -0.05) is 11.6 Å².